The van der Waals surface area contributed by atoms with E-state index in [4.69, 9.17) is 5.73 Å². The average Bonchev–Trinajstić information content (AvgIpc) is 2.95. The number of benzene rings is 1. The zero-order chi connectivity index (χ0) is 14.2. The first-order valence-electron chi connectivity index (χ1n) is 7.54. The van der Waals surface area contributed by atoms with Crippen LogP contribution in [0.15, 0.2) is 30.5 Å². The molecule has 20 heavy (non-hydrogen) atoms. The van der Waals surface area contributed by atoms with Gasteiger partial charge in [-0.25, -0.2) is 4.68 Å². The van der Waals surface area contributed by atoms with E-state index in [0.717, 1.165) is 43.6 Å². The van der Waals surface area contributed by atoms with Gasteiger partial charge in [0, 0.05) is 0 Å². The minimum Gasteiger partial charge on any atom is -0.330 e. The van der Waals surface area contributed by atoms with Crippen molar-refractivity contribution in [3.05, 3.63) is 41.7 Å². The van der Waals surface area contributed by atoms with Crippen molar-refractivity contribution >= 4 is 0 Å². The highest BCUT2D eigenvalue weighted by Gasteiger charge is 2.03. The molecule has 0 unspecified atom stereocenters. The molecule has 0 saturated heterocycles. The fourth-order valence-electron chi connectivity index (χ4n) is 2.19. The Hall–Kier alpha value is -1.68. The molecular weight excluding hydrogens is 248 g/mol. The van der Waals surface area contributed by atoms with Crippen molar-refractivity contribution < 1.29 is 0 Å². The summed E-state index contributed by atoms with van der Waals surface area (Å²) in [7, 11) is 0. The predicted molar refractivity (Wildman–Crippen MR) is 82.0 cm³/mol. The number of nitrogens with two attached hydrogens (primary N) is 1. The van der Waals surface area contributed by atoms with Gasteiger partial charge in [-0.3, -0.25) is 0 Å². The predicted octanol–water partition coefficient (Wildman–Crippen LogP) is 2.89. The molecule has 2 N–H and O–H groups in total. The maximum absolute atomic E-state index is 5.50. The number of nitrogens with zero attached hydrogens (tertiary/aromatic N) is 3. The van der Waals surface area contributed by atoms with Gasteiger partial charge in [-0.15, -0.1) is 5.10 Å². The van der Waals surface area contributed by atoms with E-state index in [0.29, 0.717) is 0 Å². The molecular formula is C16H24N4. The van der Waals surface area contributed by atoms with Crippen LogP contribution >= 0.6 is 0 Å². The second-order valence-electron chi connectivity index (χ2n) is 5.17. The lowest BCUT2D eigenvalue weighted by molar-refractivity contribution is 0.727. The number of hydrogen-bond acceptors (Lipinski definition) is 3. The van der Waals surface area contributed by atoms with Gasteiger partial charge in [-0.05, 0) is 56.3 Å². The van der Waals surface area contributed by atoms with Crippen molar-refractivity contribution in [1.82, 2.24) is 15.0 Å². The van der Waals surface area contributed by atoms with Crippen LogP contribution in [0, 0.1) is 0 Å². The average molecular weight is 272 g/mol. The SMILES string of the molecule is CCCCc1ccc(-n2cc(CCCCN)nn2)cc1. The van der Waals surface area contributed by atoms with E-state index in [-0.39, 0.29) is 0 Å². The van der Waals surface area contributed by atoms with Crippen LogP contribution in [-0.4, -0.2) is 21.5 Å². The third-order valence-electron chi connectivity index (χ3n) is 3.45. The molecule has 2 rings (SSSR count). The van der Waals surface area contributed by atoms with Gasteiger partial charge in [0.2, 0.25) is 0 Å². The van der Waals surface area contributed by atoms with E-state index in [2.05, 4.69) is 41.5 Å². The molecule has 0 bridgehead atoms. The summed E-state index contributed by atoms with van der Waals surface area (Å²) in [5.74, 6) is 0. The minimum absolute atomic E-state index is 0.743. The first-order valence-corrected chi connectivity index (χ1v) is 7.54. The summed E-state index contributed by atoms with van der Waals surface area (Å²) in [6.45, 7) is 2.96. The minimum atomic E-state index is 0.743. The molecule has 0 aliphatic carbocycles. The summed E-state index contributed by atoms with van der Waals surface area (Å²) in [6.07, 6.45) is 8.71. The van der Waals surface area contributed by atoms with Crippen molar-refractivity contribution in [2.24, 2.45) is 5.73 Å². The Labute approximate surface area is 121 Å². The smallest absolute Gasteiger partial charge is 0.0831 e. The van der Waals surface area contributed by atoms with E-state index in [1.54, 1.807) is 0 Å². The molecule has 1 aromatic carbocycles. The fourth-order valence-corrected chi connectivity index (χ4v) is 2.19. The molecule has 0 saturated carbocycles. The van der Waals surface area contributed by atoms with Crippen LogP contribution in [0.2, 0.25) is 0 Å². The molecule has 1 aromatic heterocycles. The first kappa shape index (κ1) is 14.7. The van der Waals surface area contributed by atoms with Gasteiger partial charge >= 0.3 is 0 Å². The maximum Gasteiger partial charge on any atom is 0.0831 e. The second-order valence-corrected chi connectivity index (χ2v) is 5.17. The van der Waals surface area contributed by atoms with Crippen molar-refractivity contribution in [2.45, 2.75) is 45.4 Å². The summed E-state index contributed by atoms with van der Waals surface area (Å²) < 4.78 is 1.85. The molecule has 2 aromatic rings. The van der Waals surface area contributed by atoms with Crippen molar-refractivity contribution in [1.29, 1.82) is 0 Å². The molecule has 4 heteroatoms. The van der Waals surface area contributed by atoms with Gasteiger partial charge in [0.05, 0.1) is 17.6 Å². The monoisotopic (exact) mass is 272 g/mol. The Bertz CT molecular complexity index is 501. The Morgan fingerprint density at radius 1 is 1.05 bits per heavy atom. The number of aromatic nitrogens is 3. The first-order chi connectivity index (χ1) is 9.83. The Morgan fingerprint density at radius 2 is 1.85 bits per heavy atom. The molecule has 0 radical (unpaired) electrons. The highest BCUT2D eigenvalue weighted by Crippen LogP contribution is 2.12. The van der Waals surface area contributed by atoms with Crippen LogP contribution in [0.5, 0.6) is 0 Å². The molecule has 0 fully saturated rings. The zero-order valence-corrected chi connectivity index (χ0v) is 12.3. The van der Waals surface area contributed by atoms with Gasteiger partial charge in [-0.2, -0.15) is 0 Å². The molecule has 0 aliphatic rings. The lowest BCUT2D eigenvalue weighted by Crippen LogP contribution is -1.99. The molecule has 0 spiro atoms. The summed E-state index contributed by atoms with van der Waals surface area (Å²) in [6, 6.07) is 8.59. The van der Waals surface area contributed by atoms with Gasteiger partial charge in [0.15, 0.2) is 0 Å². The van der Waals surface area contributed by atoms with Gasteiger partial charge in [-0.1, -0.05) is 30.7 Å². The van der Waals surface area contributed by atoms with E-state index in [1.807, 2.05) is 10.9 Å². The quantitative estimate of drug-likeness (QED) is 0.752. The summed E-state index contributed by atoms with van der Waals surface area (Å²) >= 11 is 0. The van der Waals surface area contributed by atoms with Crippen LogP contribution in [0.25, 0.3) is 5.69 Å². The number of unbranched alkanes of at least 4 members (excludes halogenated alkanes) is 2. The lowest BCUT2D eigenvalue weighted by atomic mass is 10.1. The maximum atomic E-state index is 5.50. The topological polar surface area (TPSA) is 56.7 Å². The summed E-state index contributed by atoms with van der Waals surface area (Å²) in [5, 5.41) is 8.40. The summed E-state index contributed by atoms with van der Waals surface area (Å²) in [5.41, 5.74) is 8.99. The third-order valence-corrected chi connectivity index (χ3v) is 3.45. The number of hydrogen-bond donors (Lipinski definition) is 1. The van der Waals surface area contributed by atoms with Crippen molar-refractivity contribution in [2.75, 3.05) is 6.54 Å². The van der Waals surface area contributed by atoms with E-state index in [1.165, 1.54) is 18.4 Å². The second kappa shape index (κ2) is 7.80. The van der Waals surface area contributed by atoms with Crippen molar-refractivity contribution in [3.8, 4) is 5.69 Å². The van der Waals surface area contributed by atoms with E-state index < -0.39 is 0 Å². The number of rotatable bonds is 8. The molecule has 108 valence electrons. The van der Waals surface area contributed by atoms with Crippen LogP contribution in [0.4, 0.5) is 0 Å². The lowest BCUT2D eigenvalue weighted by Gasteiger charge is -2.03. The van der Waals surface area contributed by atoms with Crippen LogP contribution in [0.1, 0.15) is 43.9 Å². The van der Waals surface area contributed by atoms with E-state index in [9.17, 15) is 0 Å². The Morgan fingerprint density at radius 3 is 2.55 bits per heavy atom. The highest BCUT2D eigenvalue weighted by molar-refractivity contribution is 5.33. The zero-order valence-electron chi connectivity index (χ0n) is 12.3. The number of aryl methyl sites for hydroxylation is 2. The molecule has 1 heterocycles. The van der Waals surface area contributed by atoms with Gasteiger partial charge < -0.3 is 5.73 Å². The molecule has 4 nitrogen and oxygen atoms in total. The van der Waals surface area contributed by atoms with Crippen LogP contribution in [-0.2, 0) is 12.8 Å². The molecule has 0 atom stereocenters. The largest absolute Gasteiger partial charge is 0.330 e. The highest BCUT2D eigenvalue weighted by atomic mass is 15.4. The standard InChI is InChI=1S/C16H24N4/c1-2-3-6-14-8-10-16(11-9-14)20-13-15(18-19-20)7-4-5-12-17/h8-11,13H,2-7,12,17H2,1H3. The Kier molecular flexibility index (Phi) is 5.74. The van der Waals surface area contributed by atoms with Gasteiger partial charge in [0.25, 0.3) is 0 Å². The fraction of sp³-hybridized carbons (Fsp3) is 0.500. The van der Waals surface area contributed by atoms with Crippen molar-refractivity contribution in [3.63, 3.8) is 0 Å². The summed E-state index contributed by atoms with van der Waals surface area (Å²) in [4.78, 5) is 0. The Balaban J connectivity index is 1.97. The van der Waals surface area contributed by atoms with Crippen LogP contribution < -0.4 is 5.73 Å². The molecule has 0 aliphatic heterocycles. The van der Waals surface area contributed by atoms with E-state index >= 15 is 0 Å². The molecule has 0 amide bonds. The van der Waals surface area contributed by atoms with Gasteiger partial charge in [0.1, 0.15) is 0 Å². The van der Waals surface area contributed by atoms with Crippen LogP contribution in [0.3, 0.4) is 0 Å². The third kappa shape index (κ3) is 4.17. The normalized spacial score (nSPS) is 10.9.